The van der Waals surface area contributed by atoms with Gasteiger partial charge in [-0.1, -0.05) is 203 Å². The highest BCUT2D eigenvalue weighted by atomic mass is 16.6. The minimum absolute atomic E-state index is 0.0988. The van der Waals surface area contributed by atoms with Crippen molar-refractivity contribution in [2.45, 2.75) is 226 Å². The largest absolute Gasteiger partial charge is 0.462 e. The van der Waals surface area contributed by atoms with Crippen molar-refractivity contribution in [3.63, 3.8) is 0 Å². The van der Waals surface area contributed by atoms with E-state index in [2.05, 4.69) is 93.7 Å². The zero-order chi connectivity index (χ0) is 42.3. The molecule has 6 nitrogen and oxygen atoms in total. The van der Waals surface area contributed by atoms with Gasteiger partial charge >= 0.3 is 17.9 Å². The third-order valence-corrected chi connectivity index (χ3v) is 10.0. The van der Waals surface area contributed by atoms with Crippen LogP contribution in [0.2, 0.25) is 0 Å². The molecule has 0 fully saturated rings. The molecule has 0 saturated carbocycles. The molecule has 58 heavy (non-hydrogen) atoms. The van der Waals surface area contributed by atoms with E-state index in [9.17, 15) is 14.4 Å². The third kappa shape index (κ3) is 44.0. The first kappa shape index (κ1) is 54.9. The van der Waals surface area contributed by atoms with Gasteiger partial charge in [0, 0.05) is 19.3 Å². The number of esters is 3. The Morgan fingerprint density at radius 2 is 0.759 bits per heavy atom. The second-order valence-electron chi connectivity index (χ2n) is 15.7. The van der Waals surface area contributed by atoms with Gasteiger partial charge in [0.15, 0.2) is 6.10 Å². The maximum atomic E-state index is 12.7. The Balaban J connectivity index is 4.47. The highest BCUT2D eigenvalue weighted by Gasteiger charge is 2.19. The molecule has 0 aromatic heterocycles. The van der Waals surface area contributed by atoms with Crippen LogP contribution in [0.25, 0.3) is 0 Å². The lowest BCUT2D eigenvalue weighted by molar-refractivity contribution is -0.167. The van der Waals surface area contributed by atoms with E-state index in [-0.39, 0.29) is 37.5 Å². The zero-order valence-corrected chi connectivity index (χ0v) is 37.8. The van der Waals surface area contributed by atoms with E-state index in [4.69, 9.17) is 14.2 Å². The molecule has 0 aliphatic carbocycles. The molecule has 6 heteroatoms. The molecule has 0 rings (SSSR count). The number of ether oxygens (including phenoxy) is 3. The molecule has 0 bridgehead atoms. The first-order valence-corrected chi connectivity index (χ1v) is 24.0. The van der Waals surface area contributed by atoms with Gasteiger partial charge in [-0.25, -0.2) is 0 Å². The molecular weight excluding hydrogens is 721 g/mol. The van der Waals surface area contributed by atoms with Crippen LogP contribution >= 0.6 is 0 Å². The monoisotopic (exact) mass is 809 g/mol. The Hall–Kier alpha value is -3.15. The quantitative estimate of drug-likeness (QED) is 0.0201. The maximum absolute atomic E-state index is 12.7. The van der Waals surface area contributed by atoms with Crippen molar-refractivity contribution in [3.8, 4) is 0 Å². The zero-order valence-electron chi connectivity index (χ0n) is 37.8. The summed E-state index contributed by atoms with van der Waals surface area (Å²) < 4.78 is 16.7. The maximum Gasteiger partial charge on any atom is 0.306 e. The van der Waals surface area contributed by atoms with Crippen molar-refractivity contribution in [3.05, 3.63) is 72.9 Å². The molecule has 0 heterocycles. The van der Waals surface area contributed by atoms with Crippen molar-refractivity contribution >= 4 is 17.9 Å². The Morgan fingerprint density at radius 1 is 0.379 bits per heavy atom. The Labute approximate surface area is 357 Å². The molecule has 1 atom stereocenters. The van der Waals surface area contributed by atoms with Crippen LogP contribution in [0.5, 0.6) is 0 Å². The summed E-state index contributed by atoms with van der Waals surface area (Å²) in [6.07, 6.45) is 57.5. The smallest absolute Gasteiger partial charge is 0.306 e. The van der Waals surface area contributed by atoms with Crippen LogP contribution in [-0.2, 0) is 28.6 Å². The molecule has 0 aliphatic rings. The van der Waals surface area contributed by atoms with E-state index >= 15 is 0 Å². The van der Waals surface area contributed by atoms with Crippen molar-refractivity contribution < 1.29 is 28.6 Å². The van der Waals surface area contributed by atoms with E-state index in [0.717, 1.165) is 83.5 Å². The van der Waals surface area contributed by atoms with Crippen molar-refractivity contribution in [2.75, 3.05) is 13.2 Å². The SMILES string of the molecule is CC\C=C/C=C\C=C/CCCCCCCC(=O)OC(COC(=O)CCC/C=C\C/C=C\C/C=C\CCCCCCCC)COC(=O)CCCCCCCCCCCC. The normalized spacial score (nSPS) is 12.7. The summed E-state index contributed by atoms with van der Waals surface area (Å²) in [5.74, 6) is -0.979. The van der Waals surface area contributed by atoms with E-state index in [1.807, 2.05) is 0 Å². The number of carbonyl (C=O) groups is 3. The lowest BCUT2D eigenvalue weighted by Crippen LogP contribution is -2.30. The average molecular weight is 809 g/mol. The molecule has 1 unspecified atom stereocenters. The van der Waals surface area contributed by atoms with Crippen LogP contribution in [0.1, 0.15) is 220 Å². The molecule has 0 radical (unpaired) electrons. The van der Waals surface area contributed by atoms with E-state index < -0.39 is 6.10 Å². The van der Waals surface area contributed by atoms with Gasteiger partial charge in [0.2, 0.25) is 0 Å². The van der Waals surface area contributed by atoms with Gasteiger partial charge in [0.25, 0.3) is 0 Å². The summed E-state index contributed by atoms with van der Waals surface area (Å²) in [6.45, 7) is 6.41. The van der Waals surface area contributed by atoms with Gasteiger partial charge in [-0.2, -0.15) is 0 Å². The van der Waals surface area contributed by atoms with Crippen LogP contribution in [-0.4, -0.2) is 37.2 Å². The fourth-order valence-corrected chi connectivity index (χ4v) is 6.40. The third-order valence-electron chi connectivity index (χ3n) is 10.0. The number of rotatable bonds is 42. The molecule has 0 aliphatic heterocycles. The minimum atomic E-state index is -0.802. The Morgan fingerprint density at radius 3 is 1.26 bits per heavy atom. The van der Waals surface area contributed by atoms with Gasteiger partial charge in [0.05, 0.1) is 0 Å². The fraction of sp³-hybridized carbons (Fsp3) is 0.712. The summed E-state index contributed by atoms with van der Waals surface area (Å²) >= 11 is 0. The molecule has 0 spiro atoms. The summed E-state index contributed by atoms with van der Waals surface area (Å²) in [5, 5.41) is 0. The van der Waals surface area contributed by atoms with Crippen LogP contribution in [0.4, 0.5) is 0 Å². The first-order chi connectivity index (χ1) is 28.5. The summed E-state index contributed by atoms with van der Waals surface area (Å²) in [4.78, 5) is 37.8. The average Bonchev–Trinajstić information content (AvgIpc) is 3.22. The highest BCUT2D eigenvalue weighted by Crippen LogP contribution is 2.13. The number of hydrogen-bond donors (Lipinski definition) is 0. The second-order valence-corrected chi connectivity index (χ2v) is 15.7. The van der Waals surface area contributed by atoms with Crippen molar-refractivity contribution in [1.29, 1.82) is 0 Å². The van der Waals surface area contributed by atoms with Gasteiger partial charge in [-0.05, 0) is 70.6 Å². The van der Waals surface area contributed by atoms with Crippen molar-refractivity contribution in [1.82, 2.24) is 0 Å². The topological polar surface area (TPSA) is 78.9 Å². The number of hydrogen-bond acceptors (Lipinski definition) is 6. The van der Waals surface area contributed by atoms with Gasteiger partial charge in [-0.15, -0.1) is 0 Å². The standard InChI is InChI=1S/C52H88O6/c1-4-7-10-13-16-19-22-24-25-26-27-29-30-33-36-39-42-45-51(54)57-48-49(47-56-50(53)44-41-38-35-32-21-18-15-12-9-6-3)58-52(55)46-43-40-37-34-31-28-23-20-17-14-11-8-5-2/h8,11,14,17,20,23-25,27,29,33,36,49H,4-7,9-10,12-13,15-16,18-19,21-22,26,28,30-32,34-35,37-48H2,1-3H3/b11-8-,17-14-,23-20-,25-24-,29-27-,36-33-. The van der Waals surface area contributed by atoms with Crippen LogP contribution in [0.3, 0.4) is 0 Å². The molecule has 0 aromatic rings. The molecule has 0 N–H and O–H groups in total. The van der Waals surface area contributed by atoms with E-state index in [0.29, 0.717) is 19.3 Å². The lowest BCUT2D eigenvalue weighted by Gasteiger charge is -2.18. The summed E-state index contributed by atoms with van der Waals surface area (Å²) in [6, 6.07) is 0. The lowest BCUT2D eigenvalue weighted by atomic mass is 10.1. The van der Waals surface area contributed by atoms with Gasteiger partial charge < -0.3 is 14.2 Å². The molecule has 332 valence electrons. The molecule has 0 saturated heterocycles. The second kappa shape index (κ2) is 46.5. The van der Waals surface area contributed by atoms with Crippen LogP contribution < -0.4 is 0 Å². The Kier molecular flexibility index (Phi) is 44.0. The van der Waals surface area contributed by atoms with Crippen LogP contribution in [0, 0.1) is 0 Å². The number of allylic oxidation sites excluding steroid dienone is 12. The predicted octanol–water partition coefficient (Wildman–Crippen LogP) is 15.5. The molecule has 0 amide bonds. The summed E-state index contributed by atoms with van der Waals surface area (Å²) in [7, 11) is 0. The predicted molar refractivity (Wildman–Crippen MR) is 247 cm³/mol. The molecule has 0 aromatic carbocycles. The molecular formula is C52H88O6. The van der Waals surface area contributed by atoms with Gasteiger partial charge in [-0.3, -0.25) is 14.4 Å². The van der Waals surface area contributed by atoms with Crippen molar-refractivity contribution in [2.24, 2.45) is 0 Å². The first-order valence-electron chi connectivity index (χ1n) is 24.0. The number of carbonyl (C=O) groups excluding carboxylic acids is 3. The fourth-order valence-electron chi connectivity index (χ4n) is 6.40. The van der Waals surface area contributed by atoms with E-state index in [1.54, 1.807) is 0 Å². The van der Waals surface area contributed by atoms with Crippen LogP contribution in [0.15, 0.2) is 72.9 Å². The highest BCUT2D eigenvalue weighted by molar-refractivity contribution is 5.71. The number of unbranched alkanes of at least 4 members (excludes halogenated alkanes) is 21. The summed E-state index contributed by atoms with van der Waals surface area (Å²) in [5.41, 5.74) is 0. The van der Waals surface area contributed by atoms with Gasteiger partial charge in [0.1, 0.15) is 13.2 Å². The Bertz CT molecular complexity index is 1110. The van der Waals surface area contributed by atoms with E-state index in [1.165, 1.54) is 89.9 Å². The minimum Gasteiger partial charge on any atom is -0.462 e.